The SMILES string of the molecule is C=C(/C=C(\C=C(/C)C(F)(F)F)C(F)(F)F)C(=O)NCCOCCOS(=O)(=O)C(/C=C\C=C\C(=O)NCCCCCCNC(=O)OC(C)(C)C)=C/C. The molecule has 0 aromatic rings. The monoisotopic (exact) mass is 759 g/mol. The second kappa shape index (κ2) is 22.8. The zero-order valence-corrected chi connectivity index (χ0v) is 30.1. The van der Waals surface area contributed by atoms with Crippen LogP contribution in [-0.2, 0) is 33.4 Å². The third-order valence-electron chi connectivity index (χ3n) is 6.03. The number of amides is 3. The first kappa shape index (κ1) is 47.1. The number of rotatable bonds is 21. The average Bonchev–Trinajstić information content (AvgIpc) is 2.99. The highest BCUT2D eigenvalue weighted by atomic mass is 32.2. The molecule has 290 valence electrons. The van der Waals surface area contributed by atoms with E-state index in [1.54, 1.807) is 20.8 Å². The largest absolute Gasteiger partial charge is 0.444 e. The fraction of sp³-hybridized carbons (Fsp3) is 0.545. The Morgan fingerprint density at radius 1 is 0.765 bits per heavy atom. The molecule has 3 N–H and O–H groups in total. The van der Waals surface area contributed by atoms with Crippen molar-refractivity contribution in [2.75, 3.05) is 39.5 Å². The molecule has 0 fully saturated rings. The molecular weight excluding hydrogens is 712 g/mol. The molecule has 0 aromatic heterocycles. The zero-order chi connectivity index (χ0) is 39.3. The van der Waals surface area contributed by atoms with Crippen LogP contribution in [0, 0.1) is 0 Å². The first-order valence-corrected chi connectivity index (χ1v) is 17.1. The van der Waals surface area contributed by atoms with E-state index in [0.717, 1.165) is 25.7 Å². The van der Waals surface area contributed by atoms with E-state index in [-0.39, 0.29) is 42.7 Å². The number of ether oxygens (including phenoxy) is 2. The lowest BCUT2D eigenvalue weighted by Crippen LogP contribution is -2.33. The van der Waals surface area contributed by atoms with Gasteiger partial charge in [0.1, 0.15) is 5.60 Å². The van der Waals surface area contributed by atoms with Crippen LogP contribution in [-0.4, -0.2) is 83.7 Å². The Morgan fingerprint density at radius 2 is 1.35 bits per heavy atom. The van der Waals surface area contributed by atoms with Crippen LogP contribution < -0.4 is 16.0 Å². The summed E-state index contributed by atoms with van der Waals surface area (Å²) in [5.41, 5.74) is -4.54. The number of carbonyl (C=O) groups excluding carboxylic acids is 3. The maximum atomic E-state index is 13.1. The van der Waals surface area contributed by atoms with Crippen LogP contribution in [0.3, 0.4) is 0 Å². The van der Waals surface area contributed by atoms with Crippen molar-refractivity contribution in [2.24, 2.45) is 0 Å². The summed E-state index contributed by atoms with van der Waals surface area (Å²) in [5, 5.41) is 7.56. The predicted octanol–water partition coefficient (Wildman–Crippen LogP) is 6.24. The molecule has 0 aliphatic rings. The van der Waals surface area contributed by atoms with Crippen LogP contribution in [0.5, 0.6) is 0 Å². The molecule has 3 amide bonds. The molecule has 0 bridgehead atoms. The van der Waals surface area contributed by atoms with Crippen molar-refractivity contribution in [1.82, 2.24) is 16.0 Å². The number of halogens is 6. The third-order valence-corrected chi connectivity index (χ3v) is 7.46. The van der Waals surface area contributed by atoms with Gasteiger partial charge in [-0.05, 0) is 65.7 Å². The Kier molecular flexibility index (Phi) is 21.1. The second-order valence-corrected chi connectivity index (χ2v) is 13.3. The lowest BCUT2D eigenvalue weighted by atomic mass is 10.1. The highest BCUT2D eigenvalue weighted by molar-refractivity contribution is 7.90. The molecule has 0 atom stereocenters. The number of hydrogen-bond donors (Lipinski definition) is 3. The molecule has 0 heterocycles. The summed E-state index contributed by atoms with van der Waals surface area (Å²) in [6.45, 7) is 10.2. The standard InChI is InChI=1S/C33H47F6N3O8S/c1-7-27(14-10-11-15-28(43)40-16-12-8-9-13-17-42-30(45)50-31(4,5)6)51(46,47)49-21-20-48-19-18-41-29(44)24(2)22-26(33(37,38)39)23-25(3)32(34,35)36/h7,10-11,14-15,22-23H,2,8-9,12-13,16-21H2,1,3-6H3,(H,40,43)(H,41,44)(H,42,45)/b14-10-,15-11+,25-23+,26-22+,27-7+. The molecule has 11 nitrogen and oxygen atoms in total. The van der Waals surface area contributed by atoms with Gasteiger partial charge >= 0.3 is 18.4 Å². The van der Waals surface area contributed by atoms with Crippen molar-refractivity contribution >= 4 is 28.0 Å². The van der Waals surface area contributed by atoms with Crippen LogP contribution in [0.4, 0.5) is 31.1 Å². The number of alkyl carbamates (subject to hydrolysis) is 1. The molecule has 51 heavy (non-hydrogen) atoms. The van der Waals surface area contributed by atoms with Crippen LogP contribution in [0.25, 0.3) is 0 Å². The van der Waals surface area contributed by atoms with Crippen molar-refractivity contribution in [3.63, 3.8) is 0 Å². The number of allylic oxidation sites excluding steroid dienone is 7. The normalized spacial score (nSPS) is 13.8. The minimum Gasteiger partial charge on any atom is -0.444 e. The van der Waals surface area contributed by atoms with Gasteiger partial charge < -0.3 is 25.4 Å². The maximum Gasteiger partial charge on any atom is 0.416 e. The molecule has 0 saturated carbocycles. The van der Waals surface area contributed by atoms with Gasteiger partial charge in [-0.2, -0.15) is 34.8 Å². The summed E-state index contributed by atoms with van der Waals surface area (Å²) >= 11 is 0. The summed E-state index contributed by atoms with van der Waals surface area (Å²) in [4.78, 5) is 35.4. The Hall–Kier alpha value is -3.90. The summed E-state index contributed by atoms with van der Waals surface area (Å²) in [7, 11) is -4.20. The van der Waals surface area contributed by atoms with Gasteiger partial charge in [0, 0.05) is 36.9 Å². The molecule has 0 radical (unpaired) electrons. The average molecular weight is 760 g/mol. The van der Waals surface area contributed by atoms with Gasteiger partial charge in [-0.1, -0.05) is 37.6 Å². The van der Waals surface area contributed by atoms with Gasteiger partial charge in [0.2, 0.25) is 5.91 Å². The minimum atomic E-state index is -5.18. The Labute approximate surface area is 295 Å². The number of carbonyl (C=O) groups is 3. The predicted molar refractivity (Wildman–Crippen MR) is 180 cm³/mol. The highest BCUT2D eigenvalue weighted by Gasteiger charge is 2.36. The number of hydrogen-bond acceptors (Lipinski definition) is 8. The Morgan fingerprint density at radius 3 is 1.90 bits per heavy atom. The first-order valence-electron chi connectivity index (χ1n) is 15.7. The van der Waals surface area contributed by atoms with E-state index >= 15 is 0 Å². The number of unbranched alkanes of at least 4 members (excludes halogenated alkanes) is 3. The van der Waals surface area contributed by atoms with Crippen molar-refractivity contribution in [3.8, 4) is 0 Å². The molecular formula is C33H47F6N3O8S. The van der Waals surface area contributed by atoms with Gasteiger partial charge in [-0.25, -0.2) is 4.79 Å². The van der Waals surface area contributed by atoms with E-state index in [9.17, 15) is 49.1 Å². The van der Waals surface area contributed by atoms with Crippen LogP contribution in [0.2, 0.25) is 0 Å². The number of nitrogens with one attached hydrogen (secondary N) is 3. The van der Waals surface area contributed by atoms with Crippen LogP contribution in [0.1, 0.15) is 60.3 Å². The quantitative estimate of drug-likeness (QED) is 0.0410. The van der Waals surface area contributed by atoms with Crippen molar-refractivity contribution < 1.29 is 62.8 Å². The molecule has 0 aliphatic heterocycles. The fourth-order valence-corrected chi connectivity index (χ4v) is 4.45. The molecule has 0 aromatic carbocycles. The van der Waals surface area contributed by atoms with E-state index in [4.69, 9.17) is 13.7 Å². The van der Waals surface area contributed by atoms with Crippen LogP contribution in [0.15, 0.2) is 70.7 Å². The first-order chi connectivity index (χ1) is 23.5. The summed E-state index contributed by atoms with van der Waals surface area (Å²) in [5.74, 6) is -1.47. The molecule has 0 spiro atoms. The smallest absolute Gasteiger partial charge is 0.416 e. The van der Waals surface area contributed by atoms with Gasteiger partial charge in [-0.3, -0.25) is 13.8 Å². The molecule has 0 aliphatic carbocycles. The summed E-state index contributed by atoms with van der Waals surface area (Å²) in [6.07, 6.45) is -1.02. The molecule has 0 saturated heterocycles. The third kappa shape index (κ3) is 23.2. The Bertz CT molecular complexity index is 1420. The molecule has 0 rings (SSSR count). The zero-order valence-electron chi connectivity index (χ0n) is 29.3. The van der Waals surface area contributed by atoms with Crippen LogP contribution >= 0.6 is 0 Å². The lowest BCUT2D eigenvalue weighted by molar-refractivity contribution is -0.117. The van der Waals surface area contributed by atoms with E-state index in [2.05, 4.69) is 22.5 Å². The van der Waals surface area contributed by atoms with Gasteiger partial charge in [0.15, 0.2) is 0 Å². The highest BCUT2D eigenvalue weighted by Crippen LogP contribution is 2.32. The molecule has 0 unspecified atom stereocenters. The topological polar surface area (TPSA) is 149 Å². The van der Waals surface area contributed by atoms with E-state index in [1.165, 1.54) is 37.3 Å². The van der Waals surface area contributed by atoms with Crippen molar-refractivity contribution in [2.45, 2.75) is 78.3 Å². The van der Waals surface area contributed by atoms with Gasteiger partial charge in [0.05, 0.1) is 30.3 Å². The van der Waals surface area contributed by atoms with Gasteiger partial charge in [0.25, 0.3) is 16.0 Å². The maximum absolute atomic E-state index is 13.1. The lowest BCUT2D eigenvalue weighted by Gasteiger charge is -2.19. The van der Waals surface area contributed by atoms with E-state index in [0.29, 0.717) is 20.0 Å². The minimum absolute atomic E-state index is 0.134. The molecule has 18 heteroatoms. The second-order valence-electron chi connectivity index (χ2n) is 11.6. The summed E-state index contributed by atoms with van der Waals surface area (Å²) in [6, 6.07) is 0. The fourth-order valence-electron chi connectivity index (χ4n) is 3.49. The van der Waals surface area contributed by atoms with Crippen molar-refractivity contribution in [1.29, 1.82) is 0 Å². The number of alkyl halides is 6. The Balaban J connectivity index is 4.46. The van der Waals surface area contributed by atoms with Gasteiger partial charge in [-0.15, -0.1) is 0 Å². The van der Waals surface area contributed by atoms with E-state index < -0.39 is 63.4 Å². The van der Waals surface area contributed by atoms with Crippen molar-refractivity contribution in [3.05, 3.63) is 70.7 Å². The summed E-state index contributed by atoms with van der Waals surface area (Å²) < 4.78 is 117. The van der Waals surface area contributed by atoms with E-state index in [1.807, 2.05) is 0 Å².